The summed E-state index contributed by atoms with van der Waals surface area (Å²) in [6.07, 6.45) is 0.912. The maximum atomic E-state index is 11.9. The summed E-state index contributed by atoms with van der Waals surface area (Å²) >= 11 is 0. The fourth-order valence-corrected chi connectivity index (χ4v) is 1.64. The Morgan fingerprint density at radius 1 is 1.18 bits per heavy atom. The van der Waals surface area contributed by atoms with Crippen LogP contribution in [0.2, 0.25) is 0 Å². The van der Waals surface area contributed by atoms with E-state index in [1.807, 2.05) is 6.92 Å². The summed E-state index contributed by atoms with van der Waals surface area (Å²) in [6.45, 7) is 4.33. The number of nitrogens with one attached hydrogen (secondary N) is 2. The molecule has 116 valence electrons. The monoisotopic (exact) mass is 303 g/mol. The van der Waals surface area contributed by atoms with Crippen LogP contribution in [0.25, 0.3) is 0 Å². The second-order valence-corrected chi connectivity index (χ2v) is 4.61. The third-order valence-electron chi connectivity index (χ3n) is 2.73. The van der Waals surface area contributed by atoms with Crippen LogP contribution in [0.15, 0.2) is 34.9 Å². The van der Waals surface area contributed by atoms with Crippen LogP contribution in [-0.4, -0.2) is 23.6 Å². The topological polar surface area (TPSA) is 93.5 Å². The molecule has 1 aromatic carbocycles. The Morgan fingerprint density at radius 3 is 2.45 bits per heavy atom. The van der Waals surface area contributed by atoms with Gasteiger partial charge in [0.15, 0.2) is 0 Å². The van der Waals surface area contributed by atoms with Crippen molar-refractivity contribution in [3.63, 3.8) is 0 Å². The number of amides is 2. The Labute approximate surface area is 127 Å². The molecule has 7 nitrogen and oxygen atoms in total. The van der Waals surface area contributed by atoms with Gasteiger partial charge in [-0.05, 0) is 37.6 Å². The number of carbonyl (C=O) groups excluding carboxylic acids is 2. The molecule has 2 amide bonds. The van der Waals surface area contributed by atoms with Crippen LogP contribution in [0.4, 0.5) is 0 Å². The first-order valence-electron chi connectivity index (χ1n) is 6.87. The Morgan fingerprint density at radius 2 is 1.86 bits per heavy atom. The molecule has 0 spiro atoms. The molecule has 0 unspecified atom stereocenters. The lowest BCUT2D eigenvalue weighted by Crippen LogP contribution is -2.41. The zero-order valence-electron chi connectivity index (χ0n) is 12.4. The van der Waals surface area contributed by atoms with Gasteiger partial charge in [0, 0.05) is 11.6 Å². The first-order chi connectivity index (χ1) is 10.6. The number of carbonyl (C=O) groups is 2. The maximum absolute atomic E-state index is 11.9. The molecule has 0 saturated heterocycles. The first kappa shape index (κ1) is 15.6. The molecule has 0 aliphatic rings. The Kier molecular flexibility index (Phi) is 5.13. The van der Waals surface area contributed by atoms with Gasteiger partial charge in [0.25, 0.3) is 5.91 Å². The van der Waals surface area contributed by atoms with Crippen molar-refractivity contribution in [3.05, 3.63) is 47.3 Å². The van der Waals surface area contributed by atoms with Crippen LogP contribution >= 0.6 is 0 Å². The van der Waals surface area contributed by atoms with Crippen LogP contribution in [0, 0.1) is 6.92 Å². The van der Waals surface area contributed by atoms with E-state index in [-0.39, 0.29) is 5.76 Å². The van der Waals surface area contributed by atoms with Gasteiger partial charge in [0.05, 0.1) is 12.3 Å². The van der Waals surface area contributed by atoms with E-state index in [2.05, 4.69) is 16.0 Å². The molecule has 2 N–H and O–H groups in total. The molecule has 0 aliphatic heterocycles. The van der Waals surface area contributed by atoms with Gasteiger partial charge in [-0.15, -0.1) is 0 Å². The number of rotatable bonds is 5. The number of ether oxygens (including phenoxy) is 1. The molecule has 0 atom stereocenters. The van der Waals surface area contributed by atoms with Crippen molar-refractivity contribution in [1.29, 1.82) is 0 Å². The highest BCUT2D eigenvalue weighted by Crippen LogP contribution is 2.12. The molecular formula is C15H17N3O4. The molecule has 22 heavy (non-hydrogen) atoms. The highest BCUT2D eigenvalue weighted by molar-refractivity contribution is 5.97. The van der Waals surface area contributed by atoms with Crippen molar-refractivity contribution in [1.82, 2.24) is 16.0 Å². The van der Waals surface area contributed by atoms with Gasteiger partial charge in [-0.3, -0.25) is 20.4 Å². The van der Waals surface area contributed by atoms with Gasteiger partial charge in [-0.2, -0.15) is 0 Å². The molecule has 1 heterocycles. The van der Waals surface area contributed by atoms with Gasteiger partial charge >= 0.3 is 5.91 Å². The Bertz CT molecular complexity index is 649. The van der Waals surface area contributed by atoms with Crippen LogP contribution in [0.3, 0.4) is 0 Å². The summed E-state index contributed by atoms with van der Waals surface area (Å²) in [5.74, 6) is -0.288. The molecule has 2 rings (SSSR count). The molecule has 0 radical (unpaired) electrons. The Balaban J connectivity index is 1.88. The quantitative estimate of drug-likeness (QED) is 0.822. The predicted molar refractivity (Wildman–Crippen MR) is 78.4 cm³/mol. The second kappa shape index (κ2) is 7.26. The lowest BCUT2D eigenvalue weighted by Gasteiger charge is -2.07. The van der Waals surface area contributed by atoms with Crippen LogP contribution in [0.5, 0.6) is 5.75 Å². The third kappa shape index (κ3) is 4.08. The normalized spacial score (nSPS) is 10.1. The molecule has 0 fully saturated rings. The standard InChI is InChI=1S/C15H17N3O4/c1-3-8-21-12-6-4-11(5-7-12)14(19)16-17-15(20)13-9-10(2)18-22-13/h4-7,9H,3,8H2,1-2H3,(H,16,19)(H,17,20). The predicted octanol–water partition coefficient (Wildman–Crippen LogP) is 1.85. The van der Waals surface area contributed by atoms with E-state index in [4.69, 9.17) is 9.26 Å². The zero-order valence-corrected chi connectivity index (χ0v) is 12.4. The summed E-state index contributed by atoms with van der Waals surface area (Å²) < 4.78 is 10.2. The van der Waals surface area contributed by atoms with E-state index >= 15 is 0 Å². The minimum Gasteiger partial charge on any atom is -0.494 e. The average Bonchev–Trinajstić information content (AvgIpc) is 2.97. The fraction of sp³-hybridized carbons (Fsp3) is 0.267. The van der Waals surface area contributed by atoms with E-state index in [0.717, 1.165) is 6.42 Å². The maximum Gasteiger partial charge on any atom is 0.308 e. The number of aromatic nitrogens is 1. The summed E-state index contributed by atoms with van der Waals surface area (Å²) in [4.78, 5) is 23.6. The largest absolute Gasteiger partial charge is 0.494 e. The minimum atomic E-state index is -0.572. The zero-order chi connectivity index (χ0) is 15.9. The van der Waals surface area contributed by atoms with Gasteiger partial charge in [-0.1, -0.05) is 12.1 Å². The molecule has 2 aromatic rings. The summed E-state index contributed by atoms with van der Waals surface area (Å²) in [7, 11) is 0. The number of aryl methyl sites for hydroxylation is 1. The molecule has 0 aliphatic carbocycles. The van der Waals surface area contributed by atoms with Gasteiger partial charge in [0.1, 0.15) is 5.75 Å². The van der Waals surface area contributed by atoms with Gasteiger partial charge in [0.2, 0.25) is 5.76 Å². The number of hydrogen-bond acceptors (Lipinski definition) is 5. The van der Waals surface area contributed by atoms with Crippen molar-refractivity contribution in [2.45, 2.75) is 20.3 Å². The van der Waals surface area contributed by atoms with Crippen molar-refractivity contribution >= 4 is 11.8 Å². The molecular weight excluding hydrogens is 286 g/mol. The molecule has 1 aromatic heterocycles. The lowest BCUT2D eigenvalue weighted by molar-refractivity contribution is 0.0825. The second-order valence-electron chi connectivity index (χ2n) is 4.61. The lowest BCUT2D eigenvalue weighted by atomic mass is 10.2. The fourth-order valence-electron chi connectivity index (χ4n) is 1.64. The van der Waals surface area contributed by atoms with E-state index < -0.39 is 11.8 Å². The smallest absolute Gasteiger partial charge is 0.308 e. The van der Waals surface area contributed by atoms with E-state index in [1.165, 1.54) is 6.07 Å². The summed E-state index contributed by atoms with van der Waals surface area (Å²) in [5, 5.41) is 3.59. The number of nitrogens with zero attached hydrogens (tertiary/aromatic N) is 1. The highest BCUT2D eigenvalue weighted by atomic mass is 16.5. The SMILES string of the molecule is CCCOc1ccc(C(=O)NNC(=O)c2cc(C)no2)cc1. The summed E-state index contributed by atoms with van der Waals surface area (Å²) in [5.41, 5.74) is 5.54. The number of hydrazine groups is 1. The van der Waals surface area contributed by atoms with Crippen molar-refractivity contribution < 1.29 is 18.8 Å². The van der Waals surface area contributed by atoms with E-state index in [9.17, 15) is 9.59 Å². The van der Waals surface area contributed by atoms with Gasteiger partial charge < -0.3 is 9.26 Å². The molecule has 7 heteroatoms. The van der Waals surface area contributed by atoms with Gasteiger partial charge in [-0.25, -0.2) is 0 Å². The van der Waals surface area contributed by atoms with Crippen molar-refractivity contribution in [2.24, 2.45) is 0 Å². The summed E-state index contributed by atoms with van der Waals surface area (Å²) in [6, 6.07) is 8.11. The third-order valence-corrected chi connectivity index (χ3v) is 2.73. The van der Waals surface area contributed by atoms with Crippen LogP contribution in [0.1, 0.15) is 40.0 Å². The van der Waals surface area contributed by atoms with E-state index in [1.54, 1.807) is 31.2 Å². The number of benzene rings is 1. The molecule has 0 bridgehead atoms. The van der Waals surface area contributed by atoms with Crippen molar-refractivity contribution in [3.8, 4) is 5.75 Å². The average molecular weight is 303 g/mol. The number of hydrogen-bond donors (Lipinski definition) is 2. The minimum absolute atomic E-state index is 0.0288. The Hall–Kier alpha value is -2.83. The first-order valence-corrected chi connectivity index (χ1v) is 6.87. The highest BCUT2D eigenvalue weighted by Gasteiger charge is 2.13. The van der Waals surface area contributed by atoms with Crippen LogP contribution in [-0.2, 0) is 0 Å². The van der Waals surface area contributed by atoms with Crippen molar-refractivity contribution in [2.75, 3.05) is 6.61 Å². The van der Waals surface area contributed by atoms with Crippen LogP contribution < -0.4 is 15.6 Å². The molecule has 0 saturated carbocycles. The van der Waals surface area contributed by atoms with E-state index in [0.29, 0.717) is 23.6 Å².